The maximum Gasteiger partial charge on any atom is 0.261 e. The molecule has 1 aliphatic rings. The van der Waals surface area contributed by atoms with Gasteiger partial charge in [0.2, 0.25) is 0 Å². The van der Waals surface area contributed by atoms with Crippen molar-refractivity contribution in [2.24, 2.45) is 5.41 Å². The van der Waals surface area contributed by atoms with Gasteiger partial charge < -0.3 is 10.1 Å². The molecule has 1 aliphatic carbocycles. The molecular weight excluding hydrogens is 314 g/mol. The van der Waals surface area contributed by atoms with E-state index in [0.29, 0.717) is 5.41 Å². The van der Waals surface area contributed by atoms with Crippen LogP contribution in [-0.2, 0) is 4.74 Å². The molecule has 0 atom stereocenters. The van der Waals surface area contributed by atoms with Gasteiger partial charge in [-0.05, 0) is 53.6 Å². The second kappa shape index (κ2) is 6.17. The Morgan fingerprint density at radius 2 is 2.39 bits per heavy atom. The standard InChI is InChI=1S/C13H18BrNO2S/c1-2-17-6-5-13(3-4-13)9-15-12(16)11-7-10(14)8-18-11/h7-8H,2-6,9H2,1H3,(H,15,16). The number of rotatable bonds is 7. The van der Waals surface area contributed by atoms with Crippen molar-refractivity contribution in [1.82, 2.24) is 5.32 Å². The quantitative estimate of drug-likeness (QED) is 0.777. The first-order valence-electron chi connectivity index (χ1n) is 6.25. The van der Waals surface area contributed by atoms with Crippen molar-refractivity contribution in [3.63, 3.8) is 0 Å². The van der Waals surface area contributed by atoms with Gasteiger partial charge in [0.15, 0.2) is 0 Å². The molecule has 0 saturated heterocycles. The smallest absolute Gasteiger partial charge is 0.261 e. The zero-order valence-electron chi connectivity index (χ0n) is 10.5. The van der Waals surface area contributed by atoms with E-state index in [1.165, 1.54) is 24.2 Å². The van der Waals surface area contributed by atoms with Gasteiger partial charge in [0.05, 0.1) is 4.88 Å². The third-order valence-corrected chi connectivity index (χ3v) is 5.04. The van der Waals surface area contributed by atoms with Crippen LogP contribution >= 0.6 is 27.3 Å². The number of nitrogens with one attached hydrogen (secondary N) is 1. The van der Waals surface area contributed by atoms with Gasteiger partial charge in [0, 0.05) is 29.6 Å². The van der Waals surface area contributed by atoms with Gasteiger partial charge in [-0.2, -0.15) is 0 Å². The van der Waals surface area contributed by atoms with Crippen molar-refractivity contribution in [2.75, 3.05) is 19.8 Å². The number of carbonyl (C=O) groups is 1. The normalized spacial score (nSPS) is 16.6. The monoisotopic (exact) mass is 331 g/mol. The highest BCUT2D eigenvalue weighted by molar-refractivity contribution is 9.10. The molecule has 0 radical (unpaired) electrons. The van der Waals surface area contributed by atoms with E-state index in [1.807, 2.05) is 18.4 Å². The highest BCUT2D eigenvalue weighted by Gasteiger charge is 2.42. The Balaban J connectivity index is 1.76. The molecule has 0 spiro atoms. The molecule has 18 heavy (non-hydrogen) atoms. The van der Waals surface area contributed by atoms with Crippen LogP contribution < -0.4 is 5.32 Å². The van der Waals surface area contributed by atoms with Crippen molar-refractivity contribution in [1.29, 1.82) is 0 Å². The molecule has 1 amide bonds. The van der Waals surface area contributed by atoms with Crippen LogP contribution in [0.3, 0.4) is 0 Å². The fraction of sp³-hybridized carbons (Fsp3) is 0.615. The lowest BCUT2D eigenvalue weighted by atomic mass is 10.0. The number of hydrogen-bond donors (Lipinski definition) is 1. The summed E-state index contributed by atoms with van der Waals surface area (Å²) in [6.07, 6.45) is 3.46. The number of hydrogen-bond acceptors (Lipinski definition) is 3. The molecule has 0 unspecified atom stereocenters. The Labute approximate surface area is 120 Å². The molecule has 3 nitrogen and oxygen atoms in total. The summed E-state index contributed by atoms with van der Waals surface area (Å²) < 4.78 is 6.36. The molecule has 1 N–H and O–H groups in total. The highest BCUT2D eigenvalue weighted by Crippen LogP contribution is 2.48. The van der Waals surface area contributed by atoms with Crippen LogP contribution in [0.2, 0.25) is 0 Å². The fourth-order valence-electron chi connectivity index (χ4n) is 1.91. The van der Waals surface area contributed by atoms with Crippen LogP contribution in [-0.4, -0.2) is 25.7 Å². The number of halogens is 1. The molecule has 5 heteroatoms. The second-order valence-corrected chi connectivity index (χ2v) is 6.59. The van der Waals surface area contributed by atoms with Crippen LogP contribution in [0.1, 0.15) is 35.9 Å². The Kier molecular flexibility index (Phi) is 4.81. The maximum absolute atomic E-state index is 11.9. The van der Waals surface area contributed by atoms with E-state index in [1.54, 1.807) is 0 Å². The van der Waals surface area contributed by atoms with Crippen LogP contribution in [0.5, 0.6) is 0 Å². The molecule has 1 aromatic heterocycles. The van der Waals surface area contributed by atoms with Gasteiger partial charge in [-0.15, -0.1) is 11.3 Å². The van der Waals surface area contributed by atoms with Gasteiger partial charge in [-0.3, -0.25) is 4.79 Å². The SMILES string of the molecule is CCOCCC1(CNC(=O)c2cc(Br)cs2)CC1. The first kappa shape index (κ1) is 14.0. The molecule has 1 heterocycles. The number of ether oxygens (including phenoxy) is 1. The topological polar surface area (TPSA) is 38.3 Å². The fourth-order valence-corrected chi connectivity index (χ4v) is 3.25. The Hall–Kier alpha value is -0.390. The van der Waals surface area contributed by atoms with Crippen molar-refractivity contribution in [3.8, 4) is 0 Å². The highest BCUT2D eigenvalue weighted by atomic mass is 79.9. The van der Waals surface area contributed by atoms with E-state index in [0.717, 1.165) is 35.5 Å². The molecule has 0 aromatic carbocycles. The number of carbonyl (C=O) groups excluding carboxylic acids is 1. The van der Waals surface area contributed by atoms with Crippen LogP contribution in [0, 0.1) is 5.41 Å². The Morgan fingerprint density at radius 1 is 1.61 bits per heavy atom. The first-order chi connectivity index (χ1) is 8.65. The van der Waals surface area contributed by atoms with E-state index >= 15 is 0 Å². The lowest BCUT2D eigenvalue weighted by Gasteiger charge is -2.15. The lowest BCUT2D eigenvalue weighted by molar-refractivity contribution is 0.0934. The predicted molar refractivity (Wildman–Crippen MR) is 77.1 cm³/mol. The molecule has 2 rings (SSSR count). The third-order valence-electron chi connectivity index (χ3n) is 3.35. The van der Waals surface area contributed by atoms with Crippen molar-refractivity contribution < 1.29 is 9.53 Å². The van der Waals surface area contributed by atoms with Gasteiger partial charge in [0.25, 0.3) is 5.91 Å². The van der Waals surface area contributed by atoms with Crippen LogP contribution in [0.4, 0.5) is 0 Å². The minimum absolute atomic E-state index is 0.0355. The summed E-state index contributed by atoms with van der Waals surface area (Å²) in [5, 5.41) is 4.96. The Morgan fingerprint density at radius 3 is 2.94 bits per heavy atom. The van der Waals surface area contributed by atoms with Crippen LogP contribution in [0.25, 0.3) is 0 Å². The second-order valence-electron chi connectivity index (χ2n) is 4.76. The zero-order valence-corrected chi connectivity index (χ0v) is 12.9. The average Bonchev–Trinajstić information content (AvgIpc) is 3.00. The summed E-state index contributed by atoms with van der Waals surface area (Å²) in [5.41, 5.74) is 0.305. The summed E-state index contributed by atoms with van der Waals surface area (Å²) in [6.45, 7) is 4.35. The summed E-state index contributed by atoms with van der Waals surface area (Å²) in [7, 11) is 0. The van der Waals surface area contributed by atoms with Crippen LogP contribution in [0.15, 0.2) is 15.9 Å². The minimum Gasteiger partial charge on any atom is -0.382 e. The summed E-state index contributed by atoms with van der Waals surface area (Å²) in [4.78, 5) is 12.7. The zero-order chi connectivity index (χ0) is 13.0. The van der Waals surface area contributed by atoms with E-state index in [4.69, 9.17) is 4.74 Å². The van der Waals surface area contributed by atoms with E-state index in [9.17, 15) is 4.79 Å². The van der Waals surface area contributed by atoms with Gasteiger partial charge in [0.1, 0.15) is 0 Å². The molecule has 1 saturated carbocycles. The number of thiophene rings is 1. The lowest BCUT2D eigenvalue weighted by Crippen LogP contribution is -2.30. The van der Waals surface area contributed by atoms with E-state index in [-0.39, 0.29) is 5.91 Å². The molecular formula is C13H18BrNO2S. The van der Waals surface area contributed by atoms with Crippen molar-refractivity contribution >= 4 is 33.2 Å². The molecule has 0 aliphatic heterocycles. The molecule has 1 fully saturated rings. The van der Waals surface area contributed by atoms with Crippen molar-refractivity contribution in [3.05, 3.63) is 20.8 Å². The van der Waals surface area contributed by atoms with E-state index < -0.39 is 0 Å². The minimum atomic E-state index is 0.0355. The van der Waals surface area contributed by atoms with E-state index in [2.05, 4.69) is 21.2 Å². The van der Waals surface area contributed by atoms with Gasteiger partial charge in [-0.25, -0.2) is 0 Å². The summed E-state index contributed by atoms with van der Waals surface area (Å²) in [5.74, 6) is 0.0355. The maximum atomic E-state index is 11.9. The molecule has 0 bridgehead atoms. The summed E-state index contributed by atoms with van der Waals surface area (Å²) in [6, 6.07) is 1.86. The van der Waals surface area contributed by atoms with Crippen molar-refractivity contribution in [2.45, 2.75) is 26.2 Å². The summed E-state index contributed by atoms with van der Waals surface area (Å²) >= 11 is 4.83. The molecule has 1 aromatic rings. The predicted octanol–water partition coefficient (Wildman–Crippen LogP) is 3.45. The molecule has 100 valence electrons. The third kappa shape index (κ3) is 3.80. The van der Waals surface area contributed by atoms with Gasteiger partial charge >= 0.3 is 0 Å². The first-order valence-corrected chi connectivity index (χ1v) is 7.92. The average molecular weight is 332 g/mol. The Bertz CT molecular complexity index is 415. The van der Waals surface area contributed by atoms with Gasteiger partial charge in [-0.1, -0.05) is 0 Å². The largest absolute Gasteiger partial charge is 0.382 e. The number of amides is 1.